The Morgan fingerprint density at radius 1 is 0.833 bits per heavy atom. The van der Waals surface area contributed by atoms with Crippen LogP contribution in [0.5, 0.6) is 11.5 Å². The maximum Gasteiger partial charge on any atom is 0.338 e. The van der Waals surface area contributed by atoms with Gasteiger partial charge in [-0.1, -0.05) is 12.2 Å². The summed E-state index contributed by atoms with van der Waals surface area (Å²) in [7, 11) is 0. The fourth-order valence-corrected chi connectivity index (χ4v) is 8.01. The van der Waals surface area contributed by atoms with Crippen molar-refractivity contribution in [2.45, 2.75) is 79.1 Å². The van der Waals surface area contributed by atoms with Crippen molar-refractivity contribution < 1.29 is 38.6 Å². The number of carboxylic acids is 1. The van der Waals surface area contributed by atoms with E-state index in [1.165, 1.54) is 17.1 Å². The maximum atomic E-state index is 13.9. The van der Waals surface area contributed by atoms with E-state index in [1.807, 2.05) is 32.9 Å². The highest BCUT2D eigenvalue weighted by atomic mass is 16.5. The van der Waals surface area contributed by atoms with Gasteiger partial charge < -0.3 is 35.5 Å². The quantitative estimate of drug-likeness (QED) is 0.0839. The van der Waals surface area contributed by atoms with Crippen LogP contribution in [-0.4, -0.2) is 99.2 Å². The van der Waals surface area contributed by atoms with Gasteiger partial charge in [0.25, 0.3) is 17.7 Å². The largest absolute Gasteiger partial charge is 0.493 e. The SMILES string of the molecule is CCn1nc(C)cc1C(=O)NC1=Nc2cc(C(N)=O)cc3c2[C@@H]1C/C=C/Cn1c(NC(=O)c2cc(C)nn2CC)nc2cc(C(=O)NCCCn4cc(C(=O)O)cn4)cc(c21)OCCCO3. The molecule has 4 aromatic heterocycles. The molecule has 2 aliphatic rings. The number of rotatable bonds is 12. The number of benzene rings is 2. The van der Waals surface area contributed by atoms with Crippen molar-refractivity contribution in [2.24, 2.45) is 10.7 Å². The summed E-state index contributed by atoms with van der Waals surface area (Å²) in [5, 5.41) is 31.0. The summed E-state index contributed by atoms with van der Waals surface area (Å²) in [5.74, 6) is -2.22. The van der Waals surface area contributed by atoms with Crippen molar-refractivity contribution in [2.75, 3.05) is 25.1 Å². The Labute approximate surface area is 377 Å². The highest BCUT2D eigenvalue weighted by Crippen LogP contribution is 2.44. The minimum absolute atomic E-state index is 0.0712. The number of aromatic carboxylic acids is 1. The summed E-state index contributed by atoms with van der Waals surface area (Å²) in [5.41, 5.74) is 10.4. The van der Waals surface area contributed by atoms with Gasteiger partial charge >= 0.3 is 5.97 Å². The lowest BCUT2D eigenvalue weighted by Gasteiger charge is -2.18. The van der Waals surface area contributed by atoms with E-state index in [-0.39, 0.29) is 48.9 Å². The standard InChI is InChI=1S/C45H49N13O8/c1-5-57-33(17-25(3)53-57)42(61)51-40-30-11-7-8-14-56-38-32(50-45(56)52-43(62)34-18-26(4)54-58(34)6-2)20-28(41(60)47-12-9-13-55-24-29(23-48-55)44(63)64)22-36(38)66-16-10-15-65-35-21-27(39(46)59)19-31(49-40)37(30)35/h7-8,17-24,30H,5-6,9-16H2,1-4H3,(H2,46,59)(H,47,60)(H,63,64)(H,49,51,61)(H,50,52,62)/b8-7+/t30-/m0/s1. The van der Waals surface area contributed by atoms with Gasteiger partial charge in [0.05, 0.1) is 53.5 Å². The van der Waals surface area contributed by atoms with E-state index in [2.05, 4.69) is 31.2 Å². The van der Waals surface area contributed by atoms with Crippen LogP contribution in [0.1, 0.15) is 108 Å². The van der Waals surface area contributed by atoms with Crippen LogP contribution in [0.3, 0.4) is 0 Å². The number of hydrogen-bond donors (Lipinski definition) is 5. The Morgan fingerprint density at radius 2 is 1.52 bits per heavy atom. The number of carbonyl (C=O) groups is 5. The number of imidazole rings is 1. The average molecular weight is 900 g/mol. The third-order valence-corrected chi connectivity index (χ3v) is 11.1. The number of amides is 4. The molecule has 1 atom stereocenters. The van der Waals surface area contributed by atoms with E-state index in [1.54, 1.807) is 57.3 Å². The summed E-state index contributed by atoms with van der Waals surface area (Å²) in [6.07, 6.45) is 7.68. The minimum atomic E-state index is -1.08. The molecule has 6 heterocycles. The Bertz CT molecular complexity index is 2950. The molecule has 0 bridgehead atoms. The normalized spacial score (nSPS) is 15.1. The second-order valence-electron chi connectivity index (χ2n) is 15.8. The number of carboxylic acid groups (broad SMARTS) is 1. The highest BCUT2D eigenvalue weighted by molar-refractivity contribution is 6.11. The number of aliphatic imine (C=N–C) groups is 1. The maximum absolute atomic E-state index is 13.9. The van der Waals surface area contributed by atoms with Crippen LogP contribution in [0.2, 0.25) is 0 Å². The topological polar surface area (TPSA) is 270 Å². The first-order valence-electron chi connectivity index (χ1n) is 21.6. The molecule has 8 rings (SSSR count). The van der Waals surface area contributed by atoms with Crippen molar-refractivity contribution in [3.63, 3.8) is 0 Å². The third kappa shape index (κ3) is 9.26. The molecule has 2 aliphatic heterocycles. The monoisotopic (exact) mass is 899 g/mol. The molecule has 0 saturated carbocycles. The fraction of sp³-hybridized carbons (Fsp3) is 0.333. The smallest absolute Gasteiger partial charge is 0.338 e. The molecule has 0 spiro atoms. The zero-order valence-electron chi connectivity index (χ0n) is 36.8. The van der Waals surface area contributed by atoms with Gasteiger partial charge in [0.1, 0.15) is 34.2 Å². The third-order valence-electron chi connectivity index (χ3n) is 11.1. The Hall–Kier alpha value is -8.10. The van der Waals surface area contributed by atoms with Gasteiger partial charge in [0, 0.05) is 62.0 Å². The summed E-state index contributed by atoms with van der Waals surface area (Å²) < 4.78 is 19.3. The van der Waals surface area contributed by atoms with Crippen molar-refractivity contribution in [1.29, 1.82) is 0 Å². The number of nitrogens with two attached hydrogens (primary N) is 1. The molecule has 0 radical (unpaired) electrons. The van der Waals surface area contributed by atoms with Crippen LogP contribution in [0.25, 0.3) is 11.0 Å². The zero-order chi connectivity index (χ0) is 46.6. The van der Waals surface area contributed by atoms with E-state index in [9.17, 15) is 29.1 Å². The minimum Gasteiger partial charge on any atom is -0.493 e. The summed E-state index contributed by atoms with van der Waals surface area (Å²) in [6, 6.07) is 9.82. The van der Waals surface area contributed by atoms with Crippen LogP contribution in [0.15, 0.2) is 65.9 Å². The van der Waals surface area contributed by atoms with E-state index >= 15 is 0 Å². The number of carbonyl (C=O) groups excluding carboxylic acids is 4. The number of anilines is 1. The summed E-state index contributed by atoms with van der Waals surface area (Å²) in [4.78, 5) is 74.8. The van der Waals surface area contributed by atoms with Gasteiger partial charge in [0.15, 0.2) is 0 Å². The van der Waals surface area contributed by atoms with Gasteiger partial charge in [-0.15, -0.1) is 0 Å². The van der Waals surface area contributed by atoms with Gasteiger partial charge in [-0.05, 0) is 76.9 Å². The van der Waals surface area contributed by atoms with Crippen molar-refractivity contribution in [1.82, 2.24) is 49.5 Å². The van der Waals surface area contributed by atoms with Gasteiger partial charge in [0.2, 0.25) is 11.9 Å². The number of hydrogen-bond acceptors (Lipinski definition) is 12. The van der Waals surface area contributed by atoms with E-state index in [0.717, 1.165) is 0 Å². The Balaban J connectivity index is 1.13. The summed E-state index contributed by atoms with van der Waals surface area (Å²) in [6.45, 7) is 9.45. The first kappa shape index (κ1) is 44.5. The Morgan fingerprint density at radius 3 is 2.18 bits per heavy atom. The number of aromatic nitrogens is 8. The number of aryl methyl sites for hydroxylation is 5. The molecular formula is C45H49N13O8. The fourth-order valence-electron chi connectivity index (χ4n) is 8.01. The zero-order valence-corrected chi connectivity index (χ0v) is 36.8. The molecule has 6 N–H and O–H groups in total. The molecule has 21 heteroatoms. The number of nitrogens with one attached hydrogen (secondary N) is 3. The highest BCUT2D eigenvalue weighted by Gasteiger charge is 2.33. The molecule has 0 aliphatic carbocycles. The number of primary amides is 1. The number of allylic oxidation sites excluding steroid dienone is 2. The second kappa shape index (κ2) is 18.9. The lowest BCUT2D eigenvalue weighted by molar-refractivity contribution is 0.0695. The van der Waals surface area contributed by atoms with Gasteiger partial charge in [-0.3, -0.25) is 38.5 Å². The predicted octanol–water partition coefficient (Wildman–Crippen LogP) is 4.52. The van der Waals surface area contributed by atoms with Crippen LogP contribution < -0.4 is 31.2 Å². The molecule has 4 amide bonds. The molecule has 342 valence electrons. The first-order chi connectivity index (χ1) is 31.8. The van der Waals surface area contributed by atoms with E-state index < -0.39 is 35.5 Å². The van der Waals surface area contributed by atoms with Crippen LogP contribution >= 0.6 is 0 Å². The molecule has 0 saturated heterocycles. The molecule has 0 unspecified atom stereocenters. The molecular weight excluding hydrogens is 851 g/mol. The number of amidine groups is 1. The lowest BCUT2D eigenvalue weighted by Crippen LogP contribution is -2.34. The molecule has 21 nitrogen and oxygen atoms in total. The van der Waals surface area contributed by atoms with E-state index in [4.69, 9.17) is 25.2 Å². The second-order valence-corrected chi connectivity index (χ2v) is 15.8. The number of ether oxygens (including phenoxy) is 2. The number of nitrogens with zero attached hydrogens (tertiary/aromatic N) is 9. The Kier molecular flexibility index (Phi) is 12.8. The average Bonchev–Trinajstić information content (AvgIpc) is 4.13. The molecule has 6 aromatic rings. The lowest BCUT2D eigenvalue weighted by atomic mass is 9.93. The van der Waals surface area contributed by atoms with Crippen molar-refractivity contribution in [3.05, 3.63) is 106 Å². The predicted molar refractivity (Wildman–Crippen MR) is 241 cm³/mol. The van der Waals surface area contributed by atoms with Crippen LogP contribution in [0, 0.1) is 13.8 Å². The van der Waals surface area contributed by atoms with Crippen molar-refractivity contribution in [3.8, 4) is 11.5 Å². The van der Waals surface area contributed by atoms with Gasteiger partial charge in [-0.2, -0.15) is 15.3 Å². The molecule has 2 aromatic carbocycles. The summed E-state index contributed by atoms with van der Waals surface area (Å²) >= 11 is 0. The van der Waals surface area contributed by atoms with Gasteiger partial charge in [-0.25, -0.2) is 14.8 Å². The van der Waals surface area contributed by atoms with Crippen LogP contribution in [0.4, 0.5) is 11.6 Å². The first-order valence-corrected chi connectivity index (χ1v) is 21.6. The van der Waals surface area contributed by atoms with Crippen molar-refractivity contribution >= 4 is 58.1 Å². The van der Waals surface area contributed by atoms with E-state index in [0.29, 0.717) is 101 Å². The molecule has 66 heavy (non-hydrogen) atoms. The molecule has 0 fully saturated rings. The van der Waals surface area contributed by atoms with Crippen LogP contribution in [-0.2, 0) is 26.2 Å².